The van der Waals surface area contributed by atoms with Gasteiger partial charge in [-0.2, -0.15) is 9.38 Å². The third-order valence-corrected chi connectivity index (χ3v) is 5.13. The highest BCUT2D eigenvalue weighted by Crippen LogP contribution is 2.31. The summed E-state index contributed by atoms with van der Waals surface area (Å²) < 4.78 is 1.52. The zero-order valence-electron chi connectivity index (χ0n) is 13.1. The summed E-state index contributed by atoms with van der Waals surface area (Å²) in [6, 6.07) is 0.375. The summed E-state index contributed by atoms with van der Waals surface area (Å²) in [5, 5.41) is 16.2. The minimum atomic E-state index is -0.377. The summed E-state index contributed by atoms with van der Waals surface area (Å²) in [5.74, 6) is 0.513. The van der Waals surface area contributed by atoms with E-state index in [0.29, 0.717) is 49.5 Å². The van der Waals surface area contributed by atoms with Crippen molar-refractivity contribution < 1.29 is 9.72 Å². The van der Waals surface area contributed by atoms with Gasteiger partial charge in [0.25, 0.3) is 4.96 Å². The molecule has 24 heavy (non-hydrogen) atoms. The number of carbonyl (C=O) groups is 1. The van der Waals surface area contributed by atoms with Crippen LogP contribution in [0.5, 0.6) is 0 Å². The number of nitrogens with one attached hydrogen (secondary N) is 1. The van der Waals surface area contributed by atoms with Gasteiger partial charge in [0.2, 0.25) is 11.7 Å². The number of hydrogen-bond donors (Lipinski definition) is 1. The van der Waals surface area contributed by atoms with Gasteiger partial charge in [-0.1, -0.05) is 11.3 Å². The molecule has 4 rings (SSSR count). The molecule has 2 aliphatic rings. The topological polar surface area (TPSA) is 96.0 Å². The number of nitrogens with zero attached hydrogens (tertiary/aromatic N) is 5. The van der Waals surface area contributed by atoms with E-state index in [1.165, 1.54) is 15.7 Å². The Labute approximate surface area is 142 Å². The predicted molar refractivity (Wildman–Crippen MR) is 89.5 cm³/mol. The molecule has 2 aromatic rings. The molecule has 0 atom stereocenters. The van der Waals surface area contributed by atoms with Crippen molar-refractivity contribution in [1.29, 1.82) is 0 Å². The number of piperazine rings is 1. The Bertz CT molecular complexity index is 775. The number of thiazole rings is 1. The van der Waals surface area contributed by atoms with Gasteiger partial charge in [-0.05, 0) is 17.8 Å². The second-order valence-corrected chi connectivity index (χ2v) is 7.05. The summed E-state index contributed by atoms with van der Waals surface area (Å²) in [7, 11) is 0. The van der Waals surface area contributed by atoms with Gasteiger partial charge < -0.3 is 20.3 Å². The summed E-state index contributed by atoms with van der Waals surface area (Å²) in [6.45, 7) is 3.04. The van der Waals surface area contributed by atoms with E-state index in [-0.39, 0.29) is 16.6 Å². The van der Waals surface area contributed by atoms with Gasteiger partial charge >= 0.3 is 5.82 Å². The lowest BCUT2D eigenvalue weighted by Gasteiger charge is -2.34. The highest BCUT2D eigenvalue weighted by molar-refractivity contribution is 7.15. The SMILES string of the molecule is O=C(CN1CCN(c2nc3sccn3c2[N+](=O)[O-])CC1)NC1CC1. The fraction of sp³-hybridized carbons (Fsp3) is 0.571. The number of aromatic nitrogens is 2. The van der Waals surface area contributed by atoms with Crippen LogP contribution in [0.3, 0.4) is 0 Å². The number of amides is 1. The van der Waals surface area contributed by atoms with E-state index in [1.54, 1.807) is 11.6 Å². The van der Waals surface area contributed by atoms with Crippen LogP contribution in [0, 0.1) is 10.1 Å². The van der Waals surface area contributed by atoms with Gasteiger partial charge in [0.15, 0.2) is 0 Å². The number of nitro groups is 1. The maximum absolute atomic E-state index is 11.9. The fourth-order valence-electron chi connectivity index (χ4n) is 2.97. The van der Waals surface area contributed by atoms with Crippen molar-refractivity contribution in [2.75, 3.05) is 37.6 Å². The van der Waals surface area contributed by atoms with E-state index < -0.39 is 0 Å². The summed E-state index contributed by atoms with van der Waals surface area (Å²) in [4.78, 5) is 32.0. The molecule has 1 amide bonds. The average molecular weight is 350 g/mol. The van der Waals surface area contributed by atoms with Gasteiger partial charge in [0.05, 0.1) is 6.54 Å². The molecule has 1 saturated carbocycles. The molecule has 1 aliphatic heterocycles. The average Bonchev–Trinajstić information content (AvgIpc) is 3.10. The summed E-state index contributed by atoms with van der Waals surface area (Å²) in [5.41, 5.74) is 0. The van der Waals surface area contributed by atoms with Crippen molar-refractivity contribution in [3.63, 3.8) is 0 Å². The first-order valence-electron chi connectivity index (χ1n) is 7.98. The van der Waals surface area contributed by atoms with Crippen molar-refractivity contribution in [2.45, 2.75) is 18.9 Å². The Morgan fingerprint density at radius 2 is 2.12 bits per heavy atom. The van der Waals surface area contributed by atoms with Crippen LogP contribution in [0.15, 0.2) is 11.6 Å². The lowest BCUT2D eigenvalue weighted by Crippen LogP contribution is -2.50. The van der Waals surface area contributed by atoms with Gasteiger partial charge in [-0.15, -0.1) is 0 Å². The number of carbonyl (C=O) groups excluding carboxylic acids is 1. The Balaban J connectivity index is 1.42. The minimum Gasteiger partial charge on any atom is -0.358 e. The number of hydrogen-bond acceptors (Lipinski definition) is 7. The van der Waals surface area contributed by atoms with Crippen molar-refractivity contribution in [3.8, 4) is 0 Å². The monoisotopic (exact) mass is 350 g/mol. The highest BCUT2D eigenvalue weighted by Gasteiger charge is 2.31. The molecule has 0 spiro atoms. The van der Waals surface area contributed by atoms with Crippen LogP contribution in [0.4, 0.5) is 11.6 Å². The van der Waals surface area contributed by atoms with E-state index in [4.69, 9.17) is 0 Å². The molecule has 0 aromatic carbocycles. The molecule has 0 unspecified atom stereocenters. The van der Waals surface area contributed by atoms with Gasteiger partial charge in [-0.25, -0.2) is 0 Å². The molecule has 1 aliphatic carbocycles. The number of imidazole rings is 1. The zero-order valence-corrected chi connectivity index (χ0v) is 13.9. The molecule has 1 N–H and O–H groups in total. The first-order chi connectivity index (χ1) is 11.6. The largest absolute Gasteiger partial charge is 0.373 e. The van der Waals surface area contributed by atoms with Gasteiger partial charge in [0.1, 0.15) is 6.20 Å². The Hall–Kier alpha value is -2.20. The summed E-state index contributed by atoms with van der Waals surface area (Å²) in [6.07, 6.45) is 3.84. The third kappa shape index (κ3) is 2.94. The predicted octanol–water partition coefficient (Wildman–Crippen LogP) is 0.705. The van der Waals surface area contributed by atoms with Crippen molar-refractivity contribution in [1.82, 2.24) is 19.6 Å². The van der Waals surface area contributed by atoms with Crippen LogP contribution in [-0.4, -0.2) is 63.9 Å². The lowest BCUT2D eigenvalue weighted by molar-refractivity contribution is -0.389. The second kappa shape index (κ2) is 6.02. The quantitative estimate of drug-likeness (QED) is 0.630. The van der Waals surface area contributed by atoms with Crippen LogP contribution in [-0.2, 0) is 4.79 Å². The molecular weight excluding hydrogens is 332 g/mol. The van der Waals surface area contributed by atoms with E-state index in [0.717, 1.165) is 12.8 Å². The van der Waals surface area contributed by atoms with E-state index in [1.807, 2.05) is 4.90 Å². The first-order valence-corrected chi connectivity index (χ1v) is 8.86. The van der Waals surface area contributed by atoms with E-state index >= 15 is 0 Å². The smallest absolute Gasteiger partial charge is 0.358 e. The molecule has 3 heterocycles. The number of fused-ring (bicyclic) bond motifs is 1. The van der Waals surface area contributed by atoms with E-state index in [9.17, 15) is 14.9 Å². The molecule has 2 fully saturated rings. The van der Waals surface area contributed by atoms with Crippen molar-refractivity contribution >= 4 is 33.8 Å². The minimum absolute atomic E-state index is 0.0196. The Kier molecular flexibility index (Phi) is 3.85. The van der Waals surface area contributed by atoms with Crippen molar-refractivity contribution in [3.05, 3.63) is 21.7 Å². The molecular formula is C14H18N6O3S. The molecule has 0 radical (unpaired) electrons. The number of anilines is 1. The first kappa shape index (κ1) is 15.3. The fourth-order valence-corrected chi connectivity index (χ4v) is 3.67. The summed E-state index contributed by atoms with van der Waals surface area (Å²) >= 11 is 1.38. The Morgan fingerprint density at radius 3 is 2.79 bits per heavy atom. The third-order valence-electron chi connectivity index (χ3n) is 4.37. The standard InChI is InChI=1S/C14H18N6O3S/c21-11(15-10-1-2-10)9-17-3-5-18(6-4-17)12-13(20(22)23)19-7-8-24-14(19)16-12/h7-8,10H,1-6,9H2,(H,15,21). The van der Waals surface area contributed by atoms with Crippen LogP contribution in [0.2, 0.25) is 0 Å². The molecule has 1 saturated heterocycles. The van der Waals surface area contributed by atoms with Crippen molar-refractivity contribution in [2.24, 2.45) is 0 Å². The molecule has 9 nitrogen and oxygen atoms in total. The maximum atomic E-state index is 11.9. The lowest BCUT2D eigenvalue weighted by atomic mass is 10.3. The van der Waals surface area contributed by atoms with Crippen LogP contribution < -0.4 is 10.2 Å². The molecule has 2 aromatic heterocycles. The molecule has 0 bridgehead atoms. The Morgan fingerprint density at radius 1 is 1.38 bits per heavy atom. The van der Waals surface area contributed by atoms with Crippen LogP contribution in [0.25, 0.3) is 4.96 Å². The van der Waals surface area contributed by atoms with Gasteiger partial charge in [0, 0.05) is 37.6 Å². The normalized spacial score (nSPS) is 18.9. The second-order valence-electron chi connectivity index (χ2n) is 6.18. The van der Waals surface area contributed by atoms with E-state index in [2.05, 4.69) is 15.2 Å². The zero-order chi connectivity index (χ0) is 16.7. The molecule has 128 valence electrons. The highest BCUT2D eigenvalue weighted by atomic mass is 32.1. The molecule has 10 heteroatoms. The maximum Gasteiger partial charge on any atom is 0.373 e. The number of rotatable bonds is 5. The van der Waals surface area contributed by atoms with Crippen LogP contribution in [0.1, 0.15) is 12.8 Å². The van der Waals surface area contributed by atoms with Gasteiger partial charge in [-0.3, -0.25) is 9.69 Å². The van der Waals surface area contributed by atoms with Crippen LogP contribution >= 0.6 is 11.3 Å².